The molecule has 2 aliphatic rings. The van der Waals surface area contributed by atoms with E-state index in [0.29, 0.717) is 12.8 Å². The van der Waals surface area contributed by atoms with E-state index >= 15 is 0 Å². The highest BCUT2D eigenvalue weighted by molar-refractivity contribution is 5.44. The fourth-order valence-corrected chi connectivity index (χ4v) is 2.76. The van der Waals surface area contributed by atoms with Crippen LogP contribution >= 0.6 is 0 Å². The molecule has 20 heavy (non-hydrogen) atoms. The number of rotatable bonds is 4. The number of nitrogens with one attached hydrogen (secondary N) is 1. The molecule has 5 heteroatoms. The summed E-state index contributed by atoms with van der Waals surface area (Å²) in [6, 6.07) is 6.73. The van der Waals surface area contributed by atoms with Gasteiger partial charge in [-0.2, -0.15) is 0 Å². The zero-order valence-corrected chi connectivity index (χ0v) is 12.3. The highest BCUT2D eigenvalue weighted by Crippen LogP contribution is 2.32. The number of fused-ring (bicyclic) bond motifs is 1. The van der Waals surface area contributed by atoms with Gasteiger partial charge in [0.05, 0.1) is 0 Å². The maximum absolute atomic E-state index is 5.40. The lowest BCUT2D eigenvalue weighted by Crippen LogP contribution is -2.53. The fourth-order valence-electron chi connectivity index (χ4n) is 2.76. The second-order valence-electron chi connectivity index (χ2n) is 5.72. The Morgan fingerprint density at radius 1 is 1.20 bits per heavy atom. The molecule has 1 fully saturated rings. The number of piperazine rings is 1. The minimum absolute atomic E-state index is 0.339. The molecule has 1 atom stereocenters. The van der Waals surface area contributed by atoms with E-state index in [0.717, 1.165) is 44.2 Å². The minimum atomic E-state index is 0.339. The number of hydrogen-bond acceptors (Lipinski definition) is 5. The van der Waals surface area contributed by atoms with Gasteiger partial charge in [-0.05, 0) is 31.8 Å². The van der Waals surface area contributed by atoms with Crippen molar-refractivity contribution in [3.8, 4) is 11.5 Å². The first-order chi connectivity index (χ1) is 9.72. The Hall–Kier alpha value is -1.30. The molecule has 1 N–H and O–H groups in total. The van der Waals surface area contributed by atoms with Crippen LogP contribution in [0.2, 0.25) is 0 Å². The van der Waals surface area contributed by atoms with Crippen LogP contribution in [0.15, 0.2) is 18.2 Å². The van der Waals surface area contributed by atoms with E-state index < -0.39 is 0 Å². The lowest BCUT2D eigenvalue weighted by molar-refractivity contribution is 0.113. The molecule has 1 aromatic carbocycles. The topological polar surface area (TPSA) is 37.0 Å². The normalized spacial score (nSPS) is 23.2. The van der Waals surface area contributed by atoms with Crippen molar-refractivity contribution in [1.29, 1.82) is 0 Å². The molecule has 5 nitrogen and oxygen atoms in total. The van der Waals surface area contributed by atoms with Gasteiger partial charge in [-0.25, -0.2) is 0 Å². The van der Waals surface area contributed by atoms with Crippen LogP contribution in [-0.4, -0.2) is 62.9 Å². The average molecular weight is 277 g/mol. The monoisotopic (exact) mass is 277 g/mol. The van der Waals surface area contributed by atoms with Gasteiger partial charge in [-0.1, -0.05) is 6.07 Å². The Morgan fingerprint density at radius 2 is 2.05 bits per heavy atom. The van der Waals surface area contributed by atoms with Crippen LogP contribution < -0.4 is 14.8 Å². The molecule has 0 aliphatic carbocycles. The lowest BCUT2D eigenvalue weighted by atomic mass is 10.1. The molecule has 3 rings (SSSR count). The van der Waals surface area contributed by atoms with Crippen LogP contribution in [-0.2, 0) is 6.54 Å². The van der Waals surface area contributed by atoms with E-state index in [1.165, 1.54) is 5.56 Å². The second-order valence-corrected chi connectivity index (χ2v) is 5.72. The summed E-state index contributed by atoms with van der Waals surface area (Å²) in [5, 5.41) is 3.55. The maximum Gasteiger partial charge on any atom is 0.231 e. The van der Waals surface area contributed by atoms with Gasteiger partial charge in [0.2, 0.25) is 6.79 Å². The summed E-state index contributed by atoms with van der Waals surface area (Å²) in [7, 11) is 4.40. The zero-order chi connectivity index (χ0) is 13.9. The average Bonchev–Trinajstić information content (AvgIpc) is 2.90. The third-order valence-corrected chi connectivity index (χ3v) is 4.13. The predicted molar refractivity (Wildman–Crippen MR) is 78.2 cm³/mol. The van der Waals surface area contributed by atoms with Crippen LogP contribution in [0.3, 0.4) is 0 Å². The summed E-state index contributed by atoms with van der Waals surface area (Å²) >= 11 is 0. The van der Waals surface area contributed by atoms with Gasteiger partial charge in [0, 0.05) is 38.8 Å². The molecule has 0 radical (unpaired) electrons. The summed E-state index contributed by atoms with van der Waals surface area (Å²) in [4.78, 5) is 4.83. The Labute approximate surface area is 120 Å². The van der Waals surface area contributed by atoms with Crippen molar-refractivity contribution in [2.45, 2.75) is 12.6 Å². The van der Waals surface area contributed by atoms with Gasteiger partial charge in [0.1, 0.15) is 0 Å². The summed E-state index contributed by atoms with van der Waals surface area (Å²) in [6.45, 7) is 5.65. The van der Waals surface area contributed by atoms with E-state index in [4.69, 9.17) is 9.47 Å². The van der Waals surface area contributed by atoms with Crippen molar-refractivity contribution in [2.24, 2.45) is 0 Å². The number of nitrogens with zero attached hydrogens (tertiary/aromatic N) is 2. The Kier molecular flexibility index (Phi) is 4.10. The smallest absolute Gasteiger partial charge is 0.231 e. The Bertz CT molecular complexity index is 466. The van der Waals surface area contributed by atoms with Crippen LogP contribution in [0.1, 0.15) is 5.56 Å². The largest absolute Gasteiger partial charge is 0.454 e. The van der Waals surface area contributed by atoms with Crippen LogP contribution in [0.5, 0.6) is 11.5 Å². The summed E-state index contributed by atoms with van der Waals surface area (Å²) in [5.41, 5.74) is 1.24. The fraction of sp³-hybridized carbons (Fsp3) is 0.600. The molecule has 1 aromatic rings. The number of likely N-dealkylation sites (N-methyl/N-ethyl adjacent to an activating group) is 2. The van der Waals surface area contributed by atoms with Gasteiger partial charge in [0.25, 0.3) is 0 Å². The SMILES string of the molecule is CN1CCN(C)C(CNCc2ccc3c(c2)OCO3)C1. The van der Waals surface area contributed by atoms with Gasteiger partial charge in [-0.3, -0.25) is 4.90 Å². The van der Waals surface area contributed by atoms with Gasteiger partial charge >= 0.3 is 0 Å². The molecule has 0 spiro atoms. The van der Waals surface area contributed by atoms with E-state index in [-0.39, 0.29) is 0 Å². The molecular weight excluding hydrogens is 254 g/mol. The lowest BCUT2D eigenvalue weighted by Gasteiger charge is -2.37. The molecule has 110 valence electrons. The molecule has 0 bridgehead atoms. The van der Waals surface area contributed by atoms with E-state index in [1.807, 2.05) is 6.07 Å². The Morgan fingerprint density at radius 3 is 2.95 bits per heavy atom. The molecule has 2 heterocycles. The van der Waals surface area contributed by atoms with Gasteiger partial charge in [-0.15, -0.1) is 0 Å². The van der Waals surface area contributed by atoms with E-state index in [9.17, 15) is 0 Å². The maximum atomic E-state index is 5.40. The third kappa shape index (κ3) is 3.06. The van der Waals surface area contributed by atoms with Crippen LogP contribution in [0.4, 0.5) is 0 Å². The summed E-state index contributed by atoms with van der Waals surface area (Å²) < 4.78 is 10.7. The van der Waals surface area contributed by atoms with Crippen molar-refractivity contribution >= 4 is 0 Å². The van der Waals surface area contributed by atoms with Crippen molar-refractivity contribution in [3.63, 3.8) is 0 Å². The predicted octanol–water partition coefficient (Wildman–Crippen LogP) is 0.751. The van der Waals surface area contributed by atoms with Crippen molar-refractivity contribution < 1.29 is 9.47 Å². The number of hydrogen-bond donors (Lipinski definition) is 1. The van der Waals surface area contributed by atoms with E-state index in [2.05, 4.69) is 41.3 Å². The van der Waals surface area contributed by atoms with Crippen LogP contribution in [0, 0.1) is 0 Å². The van der Waals surface area contributed by atoms with Gasteiger partial charge < -0.3 is 19.7 Å². The minimum Gasteiger partial charge on any atom is -0.454 e. The first kappa shape index (κ1) is 13.7. The number of benzene rings is 1. The van der Waals surface area contributed by atoms with Crippen molar-refractivity contribution in [1.82, 2.24) is 15.1 Å². The number of ether oxygens (including phenoxy) is 2. The molecule has 0 saturated carbocycles. The molecular formula is C15H23N3O2. The molecule has 1 saturated heterocycles. The summed E-state index contributed by atoms with van der Waals surface area (Å²) in [6.07, 6.45) is 0. The molecule has 2 aliphatic heterocycles. The quantitative estimate of drug-likeness (QED) is 0.879. The Balaban J connectivity index is 1.50. The first-order valence-electron chi connectivity index (χ1n) is 7.20. The first-order valence-corrected chi connectivity index (χ1v) is 7.20. The standard InChI is InChI=1S/C15H23N3O2/c1-17-5-6-18(2)13(10-17)9-16-8-12-3-4-14-15(7-12)20-11-19-14/h3-4,7,13,16H,5-6,8-11H2,1-2H3. The van der Waals surface area contributed by atoms with Crippen molar-refractivity contribution in [3.05, 3.63) is 23.8 Å². The molecule has 1 unspecified atom stereocenters. The highest BCUT2D eigenvalue weighted by atomic mass is 16.7. The summed E-state index contributed by atoms with van der Waals surface area (Å²) in [5.74, 6) is 1.71. The zero-order valence-electron chi connectivity index (χ0n) is 12.3. The molecule has 0 amide bonds. The second kappa shape index (κ2) is 5.99. The van der Waals surface area contributed by atoms with Gasteiger partial charge in [0.15, 0.2) is 11.5 Å². The molecule has 0 aromatic heterocycles. The van der Waals surface area contributed by atoms with Crippen molar-refractivity contribution in [2.75, 3.05) is 47.1 Å². The third-order valence-electron chi connectivity index (χ3n) is 4.13. The van der Waals surface area contributed by atoms with Crippen LogP contribution in [0.25, 0.3) is 0 Å². The van der Waals surface area contributed by atoms with E-state index in [1.54, 1.807) is 0 Å². The highest BCUT2D eigenvalue weighted by Gasteiger charge is 2.21.